The minimum atomic E-state index is -0.845. The normalized spacial score (nSPS) is 19.7. The molecule has 1 aliphatic rings. The van der Waals surface area contributed by atoms with Crippen molar-refractivity contribution in [3.8, 4) is 0 Å². The second-order valence-corrected chi connectivity index (χ2v) is 8.14. The first-order valence-corrected chi connectivity index (χ1v) is 7.23. The van der Waals surface area contributed by atoms with Crippen LogP contribution in [0, 0.1) is 5.41 Å². The number of carbonyl (C=O) groups excluding carboxylic acids is 1. The van der Waals surface area contributed by atoms with Crippen LogP contribution in [0.15, 0.2) is 0 Å². The quantitative estimate of drug-likeness (QED) is 0.853. The molecule has 0 unspecified atom stereocenters. The molecule has 0 atom stereocenters. The van der Waals surface area contributed by atoms with E-state index < -0.39 is 11.4 Å². The van der Waals surface area contributed by atoms with Gasteiger partial charge in [-0.05, 0) is 19.3 Å². The summed E-state index contributed by atoms with van der Waals surface area (Å²) >= 11 is 1.88. The van der Waals surface area contributed by atoms with Crippen LogP contribution in [-0.4, -0.2) is 45.5 Å². The van der Waals surface area contributed by atoms with Crippen LogP contribution in [0.5, 0.6) is 0 Å². The van der Waals surface area contributed by atoms with Crippen LogP contribution >= 0.6 is 11.8 Å². The minimum Gasteiger partial charge on any atom is -0.481 e. The van der Waals surface area contributed by atoms with Crippen molar-refractivity contribution in [3.63, 3.8) is 0 Å². The number of hydrogen-bond donors (Lipinski definition) is 1. The molecule has 104 valence electrons. The van der Waals surface area contributed by atoms with Crippen molar-refractivity contribution in [1.82, 2.24) is 4.90 Å². The van der Waals surface area contributed by atoms with Crippen molar-refractivity contribution in [2.45, 2.75) is 45.3 Å². The smallest absolute Gasteiger partial charge is 0.303 e. The van der Waals surface area contributed by atoms with Crippen molar-refractivity contribution in [3.05, 3.63) is 0 Å². The fourth-order valence-electron chi connectivity index (χ4n) is 2.22. The first-order chi connectivity index (χ1) is 8.11. The van der Waals surface area contributed by atoms with Gasteiger partial charge in [-0.2, -0.15) is 11.8 Å². The Morgan fingerprint density at radius 2 is 1.94 bits per heavy atom. The number of rotatable bonds is 4. The molecule has 4 nitrogen and oxygen atoms in total. The van der Waals surface area contributed by atoms with E-state index in [4.69, 9.17) is 5.11 Å². The summed E-state index contributed by atoms with van der Waals surface area (Å²) in [6.45, 7) is 9.47. The van der Waals surface area contributed by atoms with Gasteiger partial charge in [-0.3, -0.25) is 9.59 Å². The molecule has 0 radical (unpaired) electrons. The Labute approximate surface area is 113 Å². The highest BCUT2D eigenvalue weighted by Gasteiger charge is 2.33. The zero-order chi connectivity index (χ0) is 14.0. The highest BCUT2D eigenvalue weighted by Crippen LogP contribution is 2.32. The number of amides is 1. The summed E-state index contributed by atoms with van der Waals surface area (Å²) in [5.74, 6) is 0.190. The van der Waals surface area contributed by atoms with Crippen LogP contribution in [0.2, 0.25) is 0 Å². The molecule has 0 aliphatic carbocycles. The molecule has 0 aromatic carbocycles. The summed E-state index contributed by atoms with van der Waals surface area (Å²) in [6, 6.07) is 0. The van der Waals surface area contributed by atoms with Crippen molar-refractivity contribution in [2.75, 3.05) is 18.8 Å². The highest BCUT2D eigenvalue weighted by molar-refractivity contribution is 8.00. The molecule has 1 fully saturated rings. The second-order valence-electron chi connectivity index (χ2n) is 6.33. The van der Waals surface area contributed by atoms with Crippen molar-refractivity contribution >= 4 is 23.6 Å². The third-order valence-corrected chi connectivity index (χ3v) is 4.34. The SMILES string of the molecule is CC(C)(CC(=O)O)CC(=O)N1CCSC(C)(C)C1. The second kappa shape index (κ2) is 5.51. The van der Waals surface area contributed by atoms with E-state index in [2.05, 4.69) is 13.8 Å². The Morgan fingerprint density at radius 3 is 2.44 bits per heavy atom. The molecule has 0 spiro atoms. The van der Waals surface area contributed by atoms with E-state index in [9.17, 15) is 9.59 Å². The maximum absolute atomic E-state index is 12.2. The van der Waals surface area contributed by atoms with Gasteiger partial charge in [0.1, 0.15) is 0 Å². The van der Waals surface area contributed by atoms with Crippen LogP contribution in [0.3, 0.4) is 0 Å². The van der Waals surface area contributed by atoms with Gasteiger partial charge in [0.2, 0.25) is 5.91 Å². The monoisotopic (exact) mass is 273 g/mol. The lowest BCUT2D eigenvalue weighted by Crippen LogP contribution is -2.47. The van der Waals surface area contributed by atoms with Gasteiger partial charge in [0.15, 0.2) is 0 Å². The first-order valence-electron chi connectivity index (χ1n) is 6.25. The average Bonchev–Trinajstić information content (AvgIpc) is 2.12. The Kier molecular flexibility index (Phi) is 4.70. The van der Waals surface area contributed by atoms with Crippen LogP contribution in [0.1, 0.15) is 40.5 Å². The fourth-order valence-corrected chi connectivity index (χ4v) is 3.33. The van der Waals surface area contributed by atoms with E-state index in [-0.39, 0.29) is 17.1 Å². The van der Waals surface area contributed by atoms with Gasteiger partial charge in [0.25, 0.3) is 0 Å². The number of carboxylic acids is 1. The number of carboxylic acid groups (broad SMARTS) is 1. The molecule has 1 heterocycles. The summed E-state index contributed by atoms with van der Waals surface area (Å²) < 4.78 is 0.102. The van der Waals surface area contributed by atoms with Gasteiger partial charge >= 0.3 is 5.97 Å². The predicted molar refractivity (Wildman–Crippen MR) is 73.8 cm³/mol. The summed E-state index contributed by atoms with van der Waals surface area (Å²) in [5, 5.41) is 8.83. The Hall–Kier alpha value is -0.710. The fraction of sp³-hybridized carbons (Fsp3) is 0.846. The number of carbonyl (C=O) groups is 2. The molecule has 5 heteroatoms. The summed E-state index contributed by atoms with van der Waals surface area (Å²) in [4.78, 5) is 24.8. The Balaban J connectivity index is 2.57. The van der Waals surface area contributed by atoms with E-state index in [1.54, 1.807) is 0 Å². The molecule has 1 amide bonds. The van der Waals surface area contributed by atoms with Gasteiger partial charge in [-0.1, -0.05) is 13.8 Å². The average molecular weight is 273 g/mol. The molecule has 0 saturated carbocycles. The summed E-state index contributed by atoms with van der Waals surface area (Å²) in [7, 11) is 0. The molecule has 18 heavy (non-hydrogen) atoms. The van der Waals surface area contributed by atoms with Gasteiger partial charge in [0, 0.05) is 30.0 Å². The lowest BCUT2D eigenvalue weighted by Gasteiger charge is -2.38. The number of hydrogen-bond acceptors (Lipinski definition) is 3. The van der Waals surface area contributed by atoms with E-state index in [0.717, 1.165) is 18.8 Å². The maximum atomic E-state index is 12.2. The van der Waals surface area contributed by atoms with E-state index >= 15 is 0 Å². The third kappa shape index (κ3) is 4.88. The van der Waals surface area contributed by atoms with E-state index in [1.807, 2.05) is 30.5 Å². The molecular formula is C13H23NO3S. The lowest BCUT2D eigenvalue weighted by molar-refractivity contribution is -0.140. The van der Waals surface area contributed by atoms with E-state index in [0.29, 0.717) is 6.42 Å². The molecule has 1 rings (SSSR count). The molecule has 1 saturated heterocycles. The van der Waals surface area contributed by atoms with Crippen molar-refractivity contribution < 1.29 is 14.7 Å². The first kappa shape index (κ1) is 15.3. The van der Waals surface area contributed by atoms with Crippen LogP contribution in [0.4, 0.5) is 0 Å². The van der Waals surface area contributed by atoms with Gasteiger partial charge in [-0.25, -0.2) is 0 Å². The summed E-state index contributed by atoms with van der Waals surface area (Å²) in [6.07, 6.45) is 0.338. The Bertz CT molecular complexity index is 339. The zero-order valence-corrected chi connectivity index (χ0v) is 12.5. The number of nitrogens with zero attached hydrogens (tertiary/aromatic N) is 1. The van der Waals surface area contributed by atoms with Gasteiger partial charge < -0.3 is 10.0 Å². The lowest BCUT2D eigenvalue weighted by atomic mass is 9.85. The van der Waals surface area contributed by atoms with Crippen molar-refractivity contribution in [2.24, 2.45) is 5.41 Å². The van der Waals surface area contributed by atoms with E-state index in [1.165, 1.54) is 0 Å². The van der Waals surface area contributed by atoms with Gasteiger partial charge in [-0.15, -0.1) is 0 Å². The van der Waals surface area contributed by atoms with Crippen LogP contribution in [0.25, 0.3) is 0 Å². The number of aliphatic carboxylic acids is 1. The van der Waals surface area contributed by atoms with Crippen LogP contribution in [-0.2, 0) is 9.59 Å². The topological polar surface area (TPSA) is 57.6 Å². The molecule has 0 aromatic heterocycles. The molecule has 0 bridgehead atoms. The molecule has 1 aliphatic heterocycles. The van der Waals surface area contributed by atoms with Crippen LogP contribution < -0.4 is 0 Å². The molecular weight excluding hydrogens is 250 g/mol. The third-order valence-electron chi connectivity index (χ3n) is 3.04. The van der Waals surface area contributed by atoms with Crippen molar-refractivity contribution in [1.29, 1.82) is 0 Å². The minimum absolute atomic E-state index is 0.0325. The standard InChI is InChI=1S/C13H23NO3S/c1-12(2,8-11(16)17)7-10(15)14-5-6-18-13(3,4)9-14/h5-9H2,1-4H3,(H,16,17). The Morgan fingerprint density at radius 1 is 1.33 bits per heavy atom. The van der Waals surface area contributed by atoms with Gasteiger partial charge in [0.05, 0.1) is 6.42 Å². The number of thioether (sulfide) groups is 1. The zero-order valence-electron chi connectivity index (χ0n) is 11.7. The highest BCUT2D eigenvalue weighted by atomic mass is 32.2. The predicted octanol–water partition coefficient (Wildman–Crippen LogP) is 2.23. The maximum Gasteiger partial charge on any atom is 0.303 e. The molecule has 1 N–H and O–H groups in total. The molecule has 0 aromatic rings. The summed E-state index contributed by atoms with van der Waals surface area (Å²) in [5.41, 5.74) is -0.475. The largest absolute Gasteiger partial charge is 0.481 e.